The normalized spacial score (nSPS) is 11.2. The summed E-state index contributed by atoms with van der Waals surface area (Å²) in [6.45, 7) is 3.99. The molecule has 0 fully saturated rings. The molecule has 0 aliphatic heterocycles. The van der Waals surface area contributed by atoms with Crippen LogP contribution >= 0.6 is 11.6 Å². The predicted octanol–water partition coefficient (Wildman–Crippen LogP) is 2.63. The summed E-state index contributed by atoms with van der Waals surface area (Å²) in [4.78, 5) is 12.1. The lowest BCUT2D eigenvalue weighted by Gasteiger charge is -2.25. The second-order valence-electron chi connectivity index (χ2n) is 4.46. The van der Waals surface area contributed by atoms with Crippen LogP contribution in [0, 0.1) is 0 Å². The van der Waals surface area contributed by atoms with Crippen LogP contribution in [0.1, 0.15) is 37.0 Å². The van der Waals surface area contributed by atoms with E-state index in [9.17, 15) is 9.90 Å². The average Bonchev–Trinajstić information content (AvgIpc) is 2.44. The Kier molecular flexibility index (Phi) is 5.63. The van der Waals surface area contributed by atoms with Gasteiger partial charge in [0.2, 0.25) is 0 Å². The summed E-state index contributed by atoms with van der Waals surface area (Å²) in [5, 5.41) is 13.4. The summed E-state index contributed by atoms with van der Waals surface area (Å²) in [7, 11) is 1.48. The first-order valence-corrected chi connectivity index (χ1v) is 6.67. The molecule has 0 radical (unpaired) electrons. The van der Waals surface area contributed by atoms with Gasteiger partial charge in [-0.25, -0.2) is 0 Å². The lowest BCUT2D eigenvalue weighted by molar-refractivity contribution is 0.0313. The van der Waals surface area contributed by atoms with E-state index in [0.717, 1.165) is 0 Å². The number of hydrogen-bond donors (Lipinski definition) is 2. The van der Waals surface area contributed by atoms with Crippen LogP contribution < -0.4 is 10.1 Å². The minimum Gasteiger partial charge on any atom is -0.496 e. The van der Waals surface area contributed by atoms with Crippen LogP contribution in [0.15, 0.2) is 18.2 Å². The number of halogens is 1. The minimum atomic E-state index is -0.866. The van der Waals surface area contributed by atoms with E-state index in [1.165, 1.54) is 7.11 Å². The van der Waals surface area contributed by atoms with E-state index in [-0.39, 0.29) is 12.5 Å². The van der Waals surface area contributed by atoms with Crippen molar-refractivity contribution in [3.05, 3.63) is 28.8 Å². The molecule has 0 aromatic heterocycles. The van der Waals surface area contributed by atoms with Crippen LogP contribution in [0.5, 0.6) is 5.75 Å². The first kappa shape index (κ1) is 15.8. The molecule has 0 aliphatic carbocycles. The Hall–Kier alpha value is -1.26. The number of ether oxygens (including phenoxy) is 1. The van der Waals surface area contributed by atoms with Crippen molar-refractivity contribution < 1.29 is 14.6 Å². The summed E-state index contributed by atoms with van der Waals surface area (Å²) in [6.07, 6.45) is 1.17. The van der Waals surface area contributed by atoms with Crippen LogP contribution in [-0.4, -0.2) is 30.3 Å². The third-order valence-corrected chi connectivity index (χ3v) is 3.54. The van der Waals surface area contributed by atoms with Gasteiger partial charge >= 0.3 is 0 Å². The molecular formula is C14H20ClNO3. The van der Waals surface area contributed by atoms with E-state index in [2.05, 4.69) is 5.32 Å². The lowest BCUT2D eigenvalue weighted by Crippen LogP contribution is -2.42. The number of nitrogens with one attached hydrogen (secondary N) is 1. The summed E-state index contributed by atoms with van der Waals surface area (Å²) in [5.41, 5.74) is -0.462. The third-order valence-electron chi connectivity index (χ3n) is 3.30. The molecule has 106 valence electrons. The third kappa shape index (κ3) is 4.11. The summed E-state index contributed by atoms with van der Waals surface area (Å²) < 4.78 is 5.12. The molecule has 1 aromatic carbocycles. The largest absolute Gasteiger partial charge is 0.496 e. The summed E-state index contributed by atoms with van der Waals surface area (Å²) in [6, 6.07) is 4.82. The highest BCUT2D eigenvalue weighted by Crippen LogP contribution is 2.23. The zero-order chi connectivity index (χ0) is 14.5. The Labute approximate surface area is 118 Å². The van der Waals surface area contributed by atoms with Gasteiger partial charge in [-0.3, -0.25) is 4.79 Å². The molecule has 0 saturated heterocycles. The predicted molar refractivity (Wildman–Crippen MR) is 75.9 cm³/mol. The van der Waals surface area contributed by atoms with Crippen molar-refractivity contribution in [3.63, 3.8) is 0 Å². The SMILES string of the molecule is CCC(O)(CC)CNC(=O)c1ccc(Cl)cc1OC. The van der Waals surface area contributed by atoms with Gasteiger partial charge in [0.15, 0.2) is 0 Å². The first-order valence-electron chi connectivity index (χ1n) is 6.30. The van der Waals surface area contributed by atoms with E-state index in [4.69, 9.17) is 16.3 Å². The lowest BCUT2D eigenvalue weighted by atomic mass is 9.97. The van der Waals surface area contributed by atoms with Gasteiger partial charge in [-0.2, -0.15) is 0 Å². The maximum absolute atomic E-state index is 12.1. The number of benzene rings is 1. The molecule has 0 unspecified atom stereocenters. The van der Waals surface area contributed by atoms with Crippen molar-refractivity contribution in [1.82, 2.24) is 5.32 Å². The maximum Gasteiger partial charge on any atom is 0.255 e. The Morgan fingerprint density at radius 1 is 1.42 bits per heavy atom. The van der Waals surface area contributed by atoms with Crippen LogP contribution in [0.3, 0.4) is 0 Å². The van der Waals surface area contributed by atoms with Gasteiger partial charge in [-0.1, -0.05) is 25.4 Å². The Morgan fingerprint density at radius 2 is 2.05 bits per heavy atom. The van der Waals surface area contributed by atoms with E-state index < -0.39 is 5.60 Å². The topological polar surface area (TPSA) is 58.6 Å². The molecule has 0 heterocycles. The monoisotopic (exact) mass is 285 g/mol. The number of aliphatic hydroxyl groups is 1. The molecule has 0 aliphatic rings. The molecule has 1 aromatic rings. The van der Waals surface area contributed by atoms with Crippen molar-refractivity contribution in [2.24, 2.45) is 0 Å². The van der Waals surface area contributed by atoms with Gasteiger partial charge in [-0.05, 0) is 31.0 Å². The van der Waals surface area contributed by atoms with E-state index in [0.29, 0.717) is 29.2 Å². The van der Waals surface area contributed by atoms with Crippen molar-refractivity contribution in [2.45, 2.75) is 32.3 Å². The van der Waals surface area contributed by atoms with Crippen LogP contribution in [-0.2, 0) is 0 Å². The van der Waals surface area contributed by atoms with Crippen molar-refractivity contribution >= 4 is 17.5 Å². The van der Waals surface area contributed by atoms with Gasteiger partial charge < -0.3 is 15.2 Å². The number of hydrogen-bond acceptors (Lipinski definition) is 3. The number of carbonyl (C=O) groups excluding carboxylic acids is 1. The summed E-state index contributed by atoms with van der Waals surface area (Å²) in [5.74, 6) is 0.135. The molecular weight excluding hydrogens is 266 g/mol. The highest BCUT2D eigenvalue weighted by Gasteiger charge is 2.23. The van der Waals surface area contributed by atoms with Crippen molar-refractivity contribution in [3.8, 4) is 5.75 Å². The molecule has 0 spiro atoms. The standard InChI is InChI=1S/C14H20ClNO3/c1-4-14(18,5-2)9-16-13(17)11-7-6-10(15)8-12(11)19-3/h6-8,18H,4-5,9H2,1-3H3,(H,16,17). The van der Waals surface area contributed by atoms with Gasteiger partial charge in [0.05, 0.1) is 18.3 Å². The zero-order valence-electron chi connectivity index (χ0n) is 11.5. The molecule has 1 amide bonds. The van der Waals surface area contributed by atoms with E-state index in [1.54, 1.807) is 18.2 Å². The van der Waals surface area contributed by atoms with Gasteiger partial charge in [0.1, 0.15) is 5.75 Å². The van der Waals surface area contributed by atoms with Crippen molar-refractivity contribution in [2.75, 3.05) is 13.7 Å². The number of rotatable bonds is 6. The Bertz CT molecular complexity index is 444. The van der Waals surface area contributed by atoms with Crippen molar-refractivity contribution in [1.29, 1.82) is 0 Å². The molecule has 0 bridgehead atoms. The second kappa shape index (κ2) is 6.78. The van der Waals surface area contributed by atoms with Gasteiger partial charge in [0, 0.05) is 11.6 Å². The Balaban J connectivity index is 2.79. The minimum absolute atomic E-state index is 0.213. The molecule has 4 nitrogen and oxygen atoms in total. The van der Waals surface area contributed by atoms with Crippen LogP contribution in [0.25, 0.3) is 0 Å². The second-order valence-corrected chi connectivity index (χ2v) is 4.90. The number of carbonyl (C=O) groups is 1. The van der Waals surface area contributed by atoms with Gasteiger partial charge in [-0.15, -0.1) is 0 Å². The molecule has 5 heteroatoms. The van der Waals surface area contributed by atoms with Gasteiger partial charge in [0.25, 0.3) is 5.91 Å². The Morgan fingerprint density at radius 3 is 2.58 bits per heavy atom. The number of methoxy groups -OCH3 is 1. The molecule has 19 heavy (non-hydrogen) atoms. The first-order chi connectivity index (χ1) is 8.95. The number of amides is 1. The van der Waals surface area contributed by atoms with E-state index in [1.807, 2.05) is 13.8 Å². The smallest absolute Gasteiger partial charge is 0.255 e. The fourth-order valence-electron chi connectivity index (χ4n) is 1.69. The van der Waals surface area contributed by atoms with E-state index >= 15 is 0 Å². The highest BCUT2D eigenvalue weighted by atomic mass is 35.5. The average molecular weight is 286 g/mol. The molecule has 0 saturated carbocycles. The quantitative estimate of drug-likeness (QED) is 0.845. The molecule has 2 N–H and O–H groups in total. The molecule has 0 atom stereocenters. The zero-order valence-corrected chi connectivity index (χ0v) is 12.3. The van der Waals surface area contributed by atoms with Crippen LogP contribution in [0.4, 0.5) is 0 Å². The maximum atomic E-state index is 12.1. The fraction of sp³-hybridized carbons (Fsp3) is 0.500. The fourth-order valence-corrected chi connectivity index (χ4v) is 1.85. The molecule has 1 rings (SSSR count). The highest BCUT2D eigenvalue weighted by molar-refractivity contribution is 6.30. The summed E-state index contributed by atoms with van der Waals surface area (Å²) >= 11 is 5.84. The van der Waals surface area contributed by atoms with Crippen LogP contribution in [0.2, 0.25) is 5.02 Å².